The van der Waals surface area contributed by atoms with Crippen molar-refractivity contribution in [3.05, 3.63) is 59.1 Å². The minimum absolute atomic E-state index is 0.00554. The van der Waals surface area contributed by atoms with Crippen LogP contribution >= 0.6 is 11.6 Å². The molecule has 21 heavy (non-hydrogen) atoms. The number of aliphatic hydroxyl groups excluding tert-OH is 1. The fraction of sp³-hybridized carbons (Fsp3) is 0.200. The zero-order chi connectivity index (χ0) is 15.5. The molecule has 112 valence electrons. The Morgan fingerprint density at radius 3 is 2.38 bits per heavy atom. The molecule has 0 amide bonds. The first-order valence-electron chi connectivity index (χ1n) is 6.41. The number of sulfonamides is 1. The number of aryl methyl sites for hydroxylation is 1. The van der Waals surface area contributed by atoms with Crippen molar-refractivity contribution in [1.82, 2.24) is 0 Å². The molecule has 0 saturated carbocycles. The van der Waals surface area contributed by atoms with Crippen LogP contribution in [-0.2, 0) is 10.0 Å². The van der Waals surface area contributed by atoms with Gasteiger partial charge < -0.3 is 5.11 Å². The zero-order valence-corrected chi connectivity index (χ0v) is 13.1. The Labute approximate surface area is 129 Å². The van der Waals surface area contributed by atoms with Crippen molar-refractivity contribution in [2.24, 2.45) is 0 Å². The van der Waals surface area contributed by atoms with Crippen LogP contribution in [0.25, 0.3) is 0 Å². The first-order chi connectivity index (χ1) is 9.96. The summed E-state index contributed by atoms with van der Waals surface area (Å²) in [6.45, 7) is 1.43. The Morgan fingerprint density at radius 1 is 1.14 bits per heavy atom. The summed E-state index contributed by atoms with van der Waals surface area (Å²) in [4.78, 5) is 0.184. The highest BCUT2D eigenvalue weighted by atomic mass is 35.5. The number of hydrogen-bond acceptors (Lipinski definition) is 3. The predicted octanol–water partition coefficient (Wildman–Crippen LogP) is 2.84. The molecule has 0 unspecified atom stereocenters. The number of halogens is 1. The van der Waals surface area contributed by atoms with Crippen molar-refractivity contribution in [2.45, 2.75) is 11.8 Å². The van der Waals surface area contributed by atoms with Crippen LogP contribution in [0.5, 0.6) is 0 Å². The second kappa shape index (κ2) is 6.47. The fourth-order valence-corrected chi connectivity index (χ4v) is 3.99. The van der Waals surface area contributed by atoms with Crippen LogP contribution in [0, 0.1) is 6.92 Å². The Kier molecular flexibility index (Phi) is 4.88. The summed E-state index contributed by atoms with van der Waals surface area (Å²) in [5.41, 5.74) is 1.09. The van der Waals surface area contributed by atoms with Crippen LogP contribution in [0.1, 0.15) is 5.56 Å². The Hall–Kier alpha value is -1.56. The first-order valence-corrected chi connectivity index (χ1v) is 8.23. The lowest BCUT2D eigenvalue weighted by Gasteiger charge is -2.24. The van der Waals surface area contributed by atoms with E-state index in [1.165, 1.54) is 10.4 Å². The highest BCUT2D eigenvalue weighted by molar-refractivity contribution is 7.92. The lowest BCUT2D eigenvalue weighted by Crippen LogP contribution is -2.34. The van der Waals surface area contributed by atoms with Crippen LogP contribution in [0.3, 0.4) is 0 Å². The van der Waals surface area contributed by atoms with E-state index in [2.05, 4.69) is 0 Å². The first kappa shape index (κ1) is 15.8. The summed E-state index contributed by atoms with van der Waals surface area (Å²) in [6.07, 6.45) is 0. The van der Waals surface area contributed by atoms with Crippen molar-refractivity contribution in [3.63, 3.8) is 0 Å². The smallest absolute Gasteiger partial charge is 0.264 e. The van der Waals surface area contributed by atoms with Crippen molar-refractivity contribution < 1.29 is 13.5 Å². The molecule has 0 fully saturated rings. The third-order valence-corrected chi connectivity index (χ3v) is 5.27. The molecular weight excluding hydrogens is 310 g/mol. The molecule has 0 bridgehead atoms. The lowest BCUT2D eigenvalue weighted by molar-refractivity contribution is 0.306. The summed E-state index contributed by atoms with van der Waals surface area (Å²) in [5, 5.41) is 9.68. The summed E-state index contributed by atoms with van der Waals surface area (Å²) in [7, 11) is -3.75. The normalized spacial score (nSPS) is 11.4. The Bertz CT molecular complexity index is 717. The van der Waals surface area contributed by atoms with Gasteiger partial charge in [0, 0.05) is 5.02 Å². The average molecular weight is 326 g/mol. The van der Waals surface area contributed by atoms with Gasteiger partial charge in [0.15, 0.2) is 0 Å². The van der Waals surface area contributed by atoms with Gasteiger partial charge in [-0.1, -0.05) is 29.8 Å². The van der Waals surface area contributed by atoms with Crippen molar-refractivity contribution >= 4 is 27.3 Å². The molecule has 1 N–H and O–H groups in total. The second-order valence-corrected chi connectivity index (χ2v) is 6.81. The third kappa shape index (κ3) is 3.37. The number of anilines is 1. The highest BCUT2D eigenvalue weighted by Gasteiger charge is 2.26. The summed E-state index contributed by atoms with van der Waals surface area (Å²) >= 11 is 5.88. The fourth-order valence-electron chi connectivity index (χ4n) is 2.09. The van der Waals surface area contributed by atoms with E-state index in [0.29, 0.717) is 16.3 Å². The maximum Gasteiger partial charge on any atom is 0.264 e. The molecule has 0 aliphatic heterocycles. The van der Waals surface area contributed by atoms with E-state index in [-0.39, 0.29) is 18.0 Å². The van der Waals surface area contributed by atoms with Gasteiger partial charge in [0.05, 0.1) is 23.7 Å². The number of nitrogens with zero attached hydrogens (tertiary/aromatic N) is 1. The lowest BCUT2D eigenvalue weighted by atomic mass is 10.2. The summed E-state index contributed by atoms with van der Waals surface area (Å²) in [5.74, 6) is 0. The Morgan fingerprint density at radius 2 is 1.81 bits per heavy atom. The van der Waals surface area contributed by atoms with E-state index >= 15 is 0 Å². The van der Waals surface area contributed by atoms with Crippen LogP contribution in [0.4, 0.5) is 5.69 Å². The summed E-state index contributed by atoms with van der Waals surface area (Å²) in [6, 6.07) is 13.3. The van der Waals surface area contributed by atoms with E-state index < -0.39 is 10.0 Å². The van der Waals surface area contributed by atoms with E-state index in [4.69, 9.17) is 11.6 Å². The molecule has 0 aromatic heterocycles. The van der Waals surface area contributed by atoms with E-state index in [1.807, 2.05) is 0 Å². The van der Waals surface area contributed by atoms with Crippen molar-refractivity contribution in [3.8, 4) is 0 Å². The Balaban J connectivity index is 2.53. The van der Waals surface area contributed by atoms with E-state index in [1.54, 1.807) is 49.4 Å². The minimum atomic E-state index is -3.75. The monoisotopic (exact) mass is 325 g/mol. The summed E-state index contributed by atoms with van der Waals surface area (Å²) < 4.78 is 26.9. The van der Waals surface area contributed by atoms with E-state index in [0.717, 1.165) is 0 Å². The molecule has 0 atom stereocenters. The van der Waals surface area contributed by atoms with Gasteiger partial charge in [0.1, 0.15) is 0 Å². The maximum atomic E-state index is 12.8. The number of benzene rings is 2. The van der Waals surface area contributed by atoms with Gasteiger partial charge in [0.2, 0.25) is 0 Å². The van der Waals surface area contributed by atoms with Gasteiger partial charge in [-0.25, -0.2) is 8.42 Å². The third-order valence-electron chi connectivity index (χ3n) is 3.05. The number of hydrogen-bond donors (Lipinski definition) is 1. The molecule has 2 aromatic carbocycles. The topological polar surface area (TPSA) is 57.6 Å². The number of rotatable bonds is 5. The van der Waals surface area contributed by atoms with E-state index in [9.17, 15) is 13.5 Å². The average Bonchev–Trinajstić information content (AvgIpc) is 2.45. The van der Waals surface area contributed by atoms with Crippen LogP contribution in [0.2, 0.25) is 5.02 Å². The molecular formula is C15H16ClNO3S. The molecule has 4 nitrogen and oxygen atoms in total. The maximum absolute atomic E-state index is 12.8. The minimum Gasteiger partial charge on any atom is -0.394 e. The molecule has 0 heterocycles. The second-order valence-electron chi connectivity index (χ2n) is 4.55. The molecule has 0 aliphatic rings. The molecule has 0 spiro atoms. The van der Waals surface area contributed by atoms with Crippen LogP contribution < -0.4 is 4.31 Å². The van der Waals surface area contributed by atoms with Gasteiger partial charge in [-0.3, -0.25) is 4.31 Å². The van der Waals surface area contributed by atoms with Gasteiger partial charge in [-0.2, -0.15) is 0 Å². The van der Waals surface area contributed by atoms with Crippen molar-refractivity contribution in [2.75, 3.05) is 17.5 Å². The van der Waals surface area contributed by atoms with Crippen molar-refractivity contribution in [1.29, 1.82) is 0 Å². The standard InChI is InChI=1S/C15H16ClNO3S/c1-12-11-13(16)7-8-15(12)21(19,20)17(9-10-18)14-5-3-2-4-6-14/h2-8,11,18H,9-10H2,1H3. The molecule has 0 radical (unpaired) electrons. The molecule has 0 saturated heterocycles. The number of para-hydroxylation sites is 1. The molecule has 0 aliphatic carbocycles. The van der Waals surface area contributed by atoms with Gasteiger partial charge in [-0.05, 0) is 42.8 Å². The largest absolute Gasteiger partial charge is 0.394 e. The quantitative estimate of drug-likeness (QED) is 0.919. The SMILES string of the molecule is Cc1cc(Cl)ccc1S(=O)(=O)N(CCO)c1ccccc1. The van der Waals surface area contributed by atoms with Crippen LogP contribution in [-0.4, -0.2) is 26.7 Å². The molecule has 6 heteroatoms. The predicted molar refractivity (Wildman–Crippen MR) is 84.2 cm³/mol. The van der Waals surface area contributed by atoms with Gasteiger partial charge in [0.25, 0.3) is 10.0 Å². The number of aliphatic hydroxyl groups is 1. The zero-order valence-electron chi connectivity index (χ0n) is 11.5. The van der Waals surface area contributed by atoms with Crippen LogP contribution in [0.15, 0.2) is 53.4 Å². The van der Waals surface area contributed by atoms with Gasteiger partial charge >= 0.3 is 0 Å². The molecule has 2 rings (SSSR count). The molecule has 2 aromatic rings. The van der Waals surface area contributed by atoms with Gasteiger partial charge in [-0.15, -0.1) is 0 Å². The highest BCUT2D eigenvalue weighted by Crippen LogP contribution is 2.26.